The van der Waals surface area contributed by atoms with Gasteiger partial charge in [0.15, 0.2) is 0 Å². The fourth-order valence-electron chi connectivity index (χ4n) is 2.92. The van der Waals surface area contributed by atoms with Crippen molar-refractivity contribution in [3.63, 3.8) is 0 Å². The van der Waals surface area contributed by atoms with Gasteiger partial charge in [0.2, 0.25) is 0 Å². The molecule has 2 rings (SSSR count). The number of amides is 1. The van der Waals surface area contributed by atoms with Crippen LogP contribution in [0.3, 0.4) is 0 Å². The normalized spacial score (nSPS) is 20.0. The number of halogens is 1. The fraction of sp³-hybridized carbons (Fsp3) is 0.750. The van der Waals surface area contributed by atoms with Gasteiger partial charge in [-0.05, 0) is 56.0 Å². The number of aryl methyl sites for hydroxylation is 2. The van der Waals surface area contributed by atoms with Gasteiger partial charge in [0, 0.05) is 32.6 Å². The van der Waals surface area contributed by atoms with Crippen LogP contribution in [0.5, 0.6) is 0 Å². The molecule has 1 aromatic rings. The Bertz CT molecular complexity index is 579. The number of hydrogen-bond donors (Lipinski definition) is 1. The van der Waals surface area contributed by atoms with Crippen molar-refractivity contribution in [2.75, 3.05) is 13.1 Å². The average molecular weight is 387 g/mol. The van der Waals surface area contributed by atoms with Crippen molar-refractivity contribution in [1.82, 2.24) is 14.7 Å². The molecule has 0 spiro atoms. The molecule has 0 aromatic carbocycles. The molecule has 0 saturated carbocycles. The Balaban J connectivity index is 1.95. The number of carbonyl (C=O) groups excluding carboxylic acids is 1. The van der Waals surface area contributed by atoms with Crippen molar-refractivity contribution < 1.29 is 9.53 Å². The van der Waals surface area contributed by atoms with Crippen molar-refractivity contribution in [1.29, 1.82) is 0 Å². The second-order valence-electron chi connectivity index (χ2n) is 7.31. The largest absolute Gasteiger partial charge is 0.444 e. The molecular formula is C16H27BrN4O2. The molecule has 1 saturated heterocycles. The van der Waals surface area contributed by atoms with E-state index in [4.69, 9.17) is 10.5 Å². The fourth-order valence-corrected chi connectivity index (χ4v) is 3.42. The van der Waals surface area contributed by atoms with Crippen LogP contribution in [0.2, 0.25) is 0 Å². The highest BCUT2D eigenvalue weighted by molar-refractivity contribution is 9.10. The van der Waals surface area contributed by atoms with Crippen LogP contribution < -0.4 is 5.73 Å². The molecular weight excluding hydrogens is 360 g/mol. The molecule has 0 radical (unpaired) electrons. The second-order valence-corrected chi connectivity index (χ2v) is 8.11. The van der Waals surface area contributed by atoms with Gasteiger partial charge < -0.3 is 15.4 Å². The summed E-state index contributed by atoms with van der Waals surface area (Å²) >= 11 is 3.58. The Kier molecular flexibility index (Phi) is 5.41. The van der Waals surface area contributed by atoms with Crippen LogP contribution in [0.15, 0.2) is 4.47 Å². The van der Waals surface area contributed by atoms with Crippen molar-refractivity contribution in [3.05, 3.63) is 15.9 Å². The van der Waals surface area contributed by atoms with E-state index in [1.165, 1.54) is 0 Å². The molecule has 130 valence electrons. The third-order valence-corrected chi connectivity index (χ3v) is 5.20. The van der Waals surface area contributed by atoms with Crippen molar-refractivity contribution in [2.24, 2.45) is 18.7 Å². The Hall–Kier alpha value is -1.08. The summed E-state index contributed by atoms with van der Waals surface area (Å²) in [4.78, 5) is 13.9. The maximum absolute atomic E-state index is 12.1. The molecule has 23 heavy (non-hydrogen) atoms. The highest BCUT2D eigenvalue weighted by Gasteiger charge is 2.33. The predicted molar refractivity (Wildman–Crippen MR) is 93.2 cm³/mol. The molecule has 7 heteroatoms. The number of likely N-dealkylation sites (tertiary alicyclic amines) is 1. The SMILES string of the molecule is Cc1nn(C)c(CC(N)C2CCN(C(=O)OC(C)(C)C)C2)c1Br. The minimum atomic E-state index is -0.464. The van der Waals surface area contributed by atoms with Gasteiger partial charge in [0.25, 0.3) is 0 Å². The van der Waals surface area contributed by atoms with Crippen LogP contribution in [0.25, 0.3) is 0 Å². The van der Waals surface area contributed by atoms with Gasteiger partial charge in [-0.2, -0.15) is 5.10 Å². The van der Waals surface area contributed by atoms with Gasteiger partial charge in [-0.3, -0.25) is 4.68 Å². The van der Waals surface area contributed by atoms with Crippen LogP contribution in [0.1, 0.15) is 38.6 Å². The number of rotatable bonds is 3. The van der Waals surface area contributed by atoms with E-state index in [2.05, 4.69) is 21.0 Å². The van der Waals surface area contributed by atoms with E-state index in [0.717, 1.165) is 28.7 Å². The molecule has 1 aliphatic heterocycles. The molecule has 1 aromatic heterocycles. The summed E-state index contributed by atoms with van der Waals surface area (Å²) < 4.78 is 8.33. The minimum Gasteiger partial charge on any atom is -0.444 e. The molecule has 0 bridgehead atoms. The van der Waals surface area contributed by atoms with Crippen molar-refractivity contribution in [3.8, 4) is 0 Å². The Morgan fingerprint density at radius 3 is 2.70 bits per heavy atom. The first-order chi connectivity index (χ1) is 10.6. The molecule has 1 amide bonds. The lowest BCUT2D eigenvalue weighted by molar-refractivity contribution is 0.0286. The number of carbonyl (C=O) groups is 1. The van der Waals surface area contributed by atoms with Crippen molar-refractivity contribution in [2.45, 2.75) is 52.2 Å². The van der Waals surface area contributed by atoms with Gasteiger partial charge in [-0.1, -0.05) is 0 Å². The van der Waals surface area contributed by atoms with Gasteiger partial charge in [0.05, 0.1) is 15.9 Å². The number of hydrogen-bond acceptors (Lipinski definition) is 4. The zero-order valence-corrected chi connectivity index (χ0v) is 16.2. The van der Waals surface area contributed by atoms with Gasteiger partial charge in [-0.15, -0.1) is 0 Å². The first-order valence-corrected chi connectivity index (χ1v) is 8.79. The Morgan fingerprint density at radius 1 is 1.52 bits per heavy atom. The predicted octanol–water partition coefficient (Wildman–Crippen LogP) is 2.62. The summed E-state index contributed by atoms with van der Waals surface area (Å²) in [5.74, 6) is 0.282. The van der Waals surface area contributed by atoms with E-state index >= 15 is 0 Å². The first-order valence-electron chi connectivity index (χ1n) is 8.00. The Morgan fingerprint density at radius 2 is 2.17 bits per heavy atom. The van der Waals surface area contributed by atoms with Crippen LogP contribution in [-0.4, -0.2) is 45.5 Å². The standard InChI is InChI=1S/C16H27BrN4O2/c1-10-14(17)13(20(5)19-10)8-12(18)11-6-7-21(9-11)15(22)23-16(2,3)4/h11-12H,6-9,18H2,1-5H3. The van der Waals surface area contributed by atoms with Crippen LogP contribution in [-0.2, 0) is 18.2 Å². The lowest BCUT2D eigenvalue weighted by atomic mass is 9.95. The number of ether oxygens (including phenoxy) is 1. The molecule has 2 unspecified atom stereocenters. The maximum atomic E-state index is 12.1. The monoisotopic (exact) mass is 386 g/mol. The summed E-state index contributed by atoms with van der Waals surface area (Å²) in [7, 11) is 1.93. The quantitative estimate of drug-likeness (QED) is 0.866. The molecule has 2 N–H and O–H groups in total. The third kappa shape index (κ3) is 4.47. The first kappa shape index (κ1) is 18.3. The van der Waals surface area contributed by atoms with Gasteiger partial charge >= 0.3 is 6.09 Å². The summed E-state index contributed by atoms with van der Waals surface area (Å²) in [6.45, 7) is 8.98. The van der Waals surface area contributed by atoms with E-state index in [1.54, 1.807) is 4.90 Å². The van der Waals surface area contributed by atoms with E-state index in [-0.39, 0.29) is 18.1 Å². The summed E-state index contributed by atoms with van der Waals surface area (Å²) in [5, 5.41) is 4.40. The summed E-state index contributed by atoms with van der Waals surface area (Å²) in [5.41, 5.74) is 8.01. The lowest BCUT2D eigenvalue weighted by Crippen LogP contribution is -2.38. The average Bonchev–Trinajstić information content (AvgIpc) is 2.98. The summed E-state index contributed by atoms with van der Waals surface area (Å²) in [6.07, 6.45) is 1.41. The zero-order valence-electron chi connectivity index (χ0n) is 14.6. The van der Waals surface area contributed by atoms with E-state index in [1.807, 2.05) is 39.4 Å². The summed E-state index contributed by atoms with van der Waals surface area (Å²) in [6, 6.07) is -0.00598. The molecule has 2 heterocycles. The topological polar surface area (TPSA) is 73.4 Å². The highest BCUT2D eigenvalue weighted by Crippen LogP contribution is 2.26. The molecule has 6 nitrogen and oxygen atoms in total. The molecule has 2 atom stereocenters. The van der Waals surface area contributed by atoms with Crippen LogP contribution >= 0.6 is 15.9 Å². The minimum absolute atomic E-state index is 0.00598. The zero-order chi connectivity index (χ0) is 17.4. The number of aromatic nitrogens is 2. The number of nitrogens with two attached hydrogens (primary N) is 1. The molecule has 1 fully saturated rings. The van der Waals surface area contributed by atoms with E-state index in [9.17, 15) is 4.79 Å². The molecule has 0 aliphatic carbocycles. The van der Waals surface area contributed by atoms with E-state index < -0.39 is 5.60 Å². The van der Waals surface area contributed by atoms with Gasteiger partial charge in [-0.25, -0.2) is 4.79 Å². The van der Waals surface area contributed by atoms with E-state index in [0.29, 0.717) is 13.1 Å². The van der Waals surface area contributed by atoms with Crippen LogP contribution in [0.4, 0.5) is 4.79 Å². The van der Waals surface area contributed by atoms with Crippen molar-refractivity contribution >= 4 is 22.0 Å². The second kappa shape index (κ2) is 6.81. The van der Waals surface area contributed by atoms with Crippen LogP contribution in [0, 0.1) is 12.8 Å². The third-order valence-electron chi connectivity index (χ3n) is 4.17. The Labute approximate surface area is 146 Å². The smallest absolute Gasteiger partial charge is 0.410 e. The lowest BCUT2D eigenvalue weighted by Gasteiger charge is -2.25. The number of nitrogens with zero attached hydrogens (tertiary/aromatic N) is 3. The maximum Gasteiger partial charge on any atom is 0.410 e. The van der Waals surface area contributed by atoms with Gasteiger partial charge in [0.1, 0.15) is 5.60 Å². The highest BCUT2D eigenvalue weighted by atomic mass is 79.9. The molecule has 1 aliphatic rings.